The minimum atomic E-state index is -1.45. The number of thioether (sulfide) groups is 1. The molecule has 0 aromatic carbocycles. The largest absolute Gasteiger partial charge is 0.460 e. The fraction of sp³-hybridized carbons (Fsp3) is 0.762. The van der Waals surface area contributed by atoms with Crippen molar-refractivity contribution >= 4 is 29.6 Å². The SMILES string of the molecule is CC(=O)NCC12C=CC(O1)C(SCCO)(C(=O)OC(C)(C)C)C2C(=O)OC(C)(C)C. The third-order valence-electron chi connectivity index (χ3n) is 4.65. The first-order valence-electron chi connectivity index (χ1n) is 9.99. The van der Waals surface area contributed by atoms with Crippen molar-refractivity contribution in [3.63, 3.8) is 0 Å². The Bertz CT molecular complexity index is 724. The summed E-state index contributed by atoms with van der Waals surface area (Å²) in [5, 5.41) is 12.2. The van der Waals surface area contributed by atoms with Gasteiger partial charge in [-0.25, -0.2) is 0 Å². The molecular weight excluding hydrogens is 410 g/mol. The summed E-state index contributed by atoms with van der Waals surface area (Å²) in [5.41, 5.74) is -2.84. The maximum Gasteiger partial charge on any atom is 0.326 e. The molecule has 30 heavy (non-hydrogen) atoms. The second-order valence-corrected chi connectivity index (χ2v) is 11.0. The van der Waals surface area contributed by atoms with Gasteiger partial charge in [-0.2, -0.15) is 0 Å². The Morgan fingerprint density at radius 1 is 1.13 bits per heavy atom. The average molecular weight is 444 g/mol. The van der Waals surface area contributed by atoms with Gasteiger partial charge in [0.25, 0.3) is 0 Å². The molecule has 8 nitrogen and oxygen atoms in total. The molecule has 2 heterocycles. The molecule has 1 fully saturated rings. The summed E-state index contributed by atoms with van der Waals surface area (Å²) in [7, 11) is 0. The van der Waals surface area contributed by atoms with E-state index in [9.17, 15) is 19.5 Å². The van der Waals surface area contributed by atoms with E-state index in [2.05, 4.69) is 5.32 Å². The minimum Gasteiger partial charge on any atom is -0.460 e. The first-order valence-corrected chi connectivity index (χ1v) is 11.0. The van der Waals surface area contributed by atoms with Crippen LogP contribution in [0, 0.1) is 5.92 Å². The molecule has 0 aromatic rings. The van der Waals surface area contributed by atoms with Crippen molar-refractivity contribution in [2.75, 3.05) is 18.9 Å². The fourth-order valence-corrected chi connectivity index (χ4v) is 5.06. The molecule has 9 heteroatoms. The number of hydrogen-bond donors (Lipinski definition) is 2. The highest BCUT2D eigenvalue weighted by Gasteiger charge is 2.73. The molecule has 0 aromatic heterocycles. The lowest BCUT2D eigenvalue weighted by molar-refractivity contribution is -0.171. The average Bonchev–Trinajstić information content (AvgIpc) is 3.10. The van der Waals surface area contributed by atoms with Gasteiger partial charge in [0.15, 0.2) is 4.75 Å². The molecule has 1 saturated heterocycles. The van der Waals surface area contributed by atoms with E-state index in [1.807, 2.05) is 0 Å². The van der Waals surface area contributed by atoms with Crippen LogP contribution >= 0.6 is 11.8 Å². The van der Waals surface area contributed by atoms with Crippen molar-refractivity contribution in [1.29, 1.82) is 0 Å². The maximum atomic E-state index is 13.5. The maximum absolute atomic E-state index is 13.5. The molecule has 0 saturated carbocycles. The summed E-state index contributed by atoms with van der Waals surface area (Å²) < 4.78 is 16.1. The van der Waals surface area contributed by atoms with Crippen LogP contribution in [0.4, 0.5) is 0 Å². The quantitative estimate of drug-likeness (QED) is 0.451. The first kappa shape index (κ1) is 24.7. The lowest BCUT2D eigenvalue weighted by atomic mass is 9.74. The molecule has 0 aliphatic carbocycles. The fourth-order valence-electron chi connectivity index (χ4n) is 3.72. The summed E-state index contributed by atoms with van der Waals surface area (Å²) in [4.78, 5) is 38.5. The highest BCUT2D eigenvalue weighted by Crippen LogP contribution is 2.57. The van der Waals surface area contributed by atoms with Crippen molar-refractivity contribution in [2.24, 2.45) is 5.92 Å². The highest BCUT2D eigenvalue weighted by atomic mass is 32.2. The van der Waals surface area contributed by atoms with Crippen LogP contribution in [0.25, 0.3) is 0 Å². The minimum absolute atomic E-state index is 0.00345. The summed E-state index contributed by atoms with van der Waals surface area (Å²) in [5.74, 6) is -2.38. The zero-order chi connectivity index (χ0) is 23.0. The van der Waals surface area contributed by atoms with Crippen LogP contribution in [-0.2, 0) is 28.6 Å². The Hall–Kier alpha value is -1.58. The van der Waals surface area contributed by atoms with Crippen molar-refractivity contribution in [3.05, 3.63) is 12.2 Å². The van der Waals surface area contributed by atoms with Crippen LogP contribution in [0.15, 0.2) is 12.2 Å². The second-order valence-electron chi connectivity index (χ2n) is 9.60. The molecule has 1 amide bonds. The molecule has 170 valence electrons. The second kappa shape index (κ2) is 8.51. The zero-order valence-electron chi connectivity index (χ0n) is 18.7. The smallest absolute Gasteiger partial charge is 0.326 e. The van der Waals surface area contributed by atoms with Crippen LogP contribution in [-0.4, -0.2) is 69.5 Å². The molecule has 2 aliphatic heterocycles. The summed E-state index contributed by atoms with van der Waals surface area (Å²) in [6.45, 7) is 11.6. The van der Waals surface area contributed by atoms with E-state index in [0.717, 1.165) is 11.8 Å². The third kappa shape index (κ3) is 5.00. The van der Waals surface area contributed by atoms with Gasteiger partial charge in [0, 0.05) is 12.7 Å². The normalized spacial score (nSPS) is 30.3. The highest BCUT2D eigenvalue weighted by molar-refractivity contribution is 8.01. The number of esters is 2. The van der Waals surface area contributed by atoms with Gasteiger partial charge in [-0.05, 0) is 41.5 Å². The van der Waals surface area contributed by atoms with Crippen molar-refractivity contribution < 1.29 is 33.7 Å². The topological polar surface area (TPSA) is 111 Å². The standard InChI is InChI=1S/C21H33NO7S/c1-13(24)22-12-20-9-8-14(27-20)21(30-11-10-23,17(26)29-19(5,6)7)15(20)16(25)28-18(2,3)4/h8-9,14-15,23H,10-12H2,1-7H3,(H,22,24). The van der Waals surface area contributed by atoms with Gasteiger partial charge in [0.1, 0.15) is 28.8 Å². The van der Waals surface area contributed by atoms with Gasteiger partial charge in [-0.15, -0.1) is 11.8 Å². The Balaban J connectivity index is 2.58. The Morgan fingerprint density at radius 2 is 1.73 bits per heavy atom. The number of ether oxygens (including phenoxy) is 3. The number of aliphatic hydroxyl groups is 1. The predicted molar refractivity (Wildman–Crippen MR) is 113 cm³/mol. The van der Waals surface area contributed by atoms with Crippen LogP contribution in [0.5, 0.6) is 0 Å². The summed E-state index contributed by atoms with van der Waals surface area (Å²) >= 11 is 1.12. The van der Waals surface area contributed by atoms with Crippen molar-refractivity contribution in [1.82, 2.24) is 5.32 Å². The van der Waals surface area contributed by atoms with E-state index in [0.29, 0.717) is 0 Å². The van der Waals surface area contributed by atoms with Crippen LogP contribution in [0.1, 0.15) is 48.5 Å². The van der Waals surface area contributed by atoms with Gasteiger partial charge in [0.2, 0.25) is 5.91 Å². The number of carbonyl (C=O) groups excluding carboxylic acids is 3. The van der Waals surface area contributed by atoms with E-state index >= 15 is 0 Å². The van der Waals surface area contributed by atoms with Gasteiger partial charge in [-0.3, -0.25) is 14.4 Å². The van der Waals surface area contributed by atoms with Gasteiger partial charge in [0.05, 0.1) is 13.2 Å². The monoisotopic (exact) mass is 443 g/mol. The molecular formula is C21H33NO7S. The van der Waals surface area contributed by atoms with Crippen molar-refractivity contribution in [3.8, 4) is 0 Å². The molecule has 0 spiro atoms. The van der Waals surface area contributed by atoms with E-state index in [1.165, 1.54) is 6.92 Å². The number of hydrogen-bond acceptors (Lipinski definition) is 8. The zero-order valence-corrected chi connectivity index (χ0v) is 19.6. The number of nitrogens with one attached hydrogen (secondary N) is 1. The molecule has 0 radical (unpaired) electrons. The van der Waals surface area contributed by atoms with E-state index in [-0.39, 0.29) is 24.8 Å². The van der Waals surface area contributed by atoms with Gasteiger partial charge >= 0.3 is 11.9 Å². The van der Waals surface area contributed by atoms with Gasteiger partial charge in [-0.1, -0.05) is 12.2 Å². The molecule has 2 N–H and O–H groups in total. The Kier molecular flexibility index (Phi) is 7.00. The predicted octanol–water partition coefficient (Wildman–Crippen LogP) is 1.59. The van der Waals surface area contributed by atoms with Crippen LogP contribution in [0.2, 0.25) is 0 Å². The molecule has 2 aliphatic rings. The lowest BCUT2D eigenvalue weighted by Gasteiger charge is -2.41. The number of rotatable bonds is 7. The van der Waals surface area contributed by atoms with E-state index in [1.54, 1.807) is 53.7 Å². The molecule has 4 unspecified atom stereocenters. The Morgan fingerprint density at radius 3 is 2.23 bits per heavy atom. The van der Waals surface area contributed by atoms with Crippen molar-refractivity contribution in [2.45, 2.75) is 76.1 Å². The number of amides is 1. The van der Waals surface area contributed by atoms with Crippen LogP contribution < -0.4 is 5.32 Å². The summed E-state index contributed by atoms with van der Waals surface area (Å²) in [6, 6.07) is 0. The molecule has 2 rings (SSSR count). The summed E-state index contributed by atoms with van der Waals surface area (Å²) in [6.07, 6.45) is 2.66. The van der Waals surface area contributed by atoms with Gasteiger partial charge < -0.3 is 24.6 Å². The number of carbonyl (C=O) groups is 3. The molecule has 2 bridgehead atoms. The van der Waals surface area contributed by atoms with E-state index in [4.69, 9.17) is 14.2 Å². The number of fused-ring (bicyclic) bond motifs is 2. The lowest BCUT2D eigenvalue weighted by Crippen LogP contribution is -2.60. The Labute approximate surface area is 182 Å². The first-order chi connectivity index (χ1) is 13.7. The number of aliphatic hydroxyl groups excluding tert-OH is 1. The third-order valence-corrected chi connectivity index (χ3v) is 6.14. The molecule has 4 atom stereocenters. The van der Waals surface area contributed by atoms with E-state index < -0.39 is 45.5 Å². The van der Waals surface area contributed by atoms with Crippen LogP contribution in [0.3, 0.4) is 0 Å².